The molecule has 1 heterocycles. The summed E-state index contributed by atoms with van der Waals surface area (Å²) in [5, 5.41) is 3.61. The normalized spacial score (nSPS) is 21.6. The third-order valence-corrected chi connectivity index (χ3v) is 4.75. The number of morpholine rings is 1. The standard InChI is InChI=1S/C17H26N2O/c1-17(7-2-8-17)14-18-13-15-3-5-16(6-4-15)19-9-11-20-12-10-19/h3-6,18H,2,7-14H2,1H3. The number of anilines is 1. The molecular formula is C17H26N2O. The molecule has 0 atom stereocenters. The molecule has 110 valence electrons. The summed E-state index contributed by atoms with van der Waals surface area (Å²) < 4.78 is 5.39. The van der Waals surface area contributed by atoms with Crippen LogP contribution in [-0.2, 0) is 11.3 Å². The van der Waals surface area contributed by atoms with Crippen molar-refractivity contribution >= 4 is 5.69 Å². The molecule has 1 aromatic rings. The minimum atomic E-state index is 0.563. The number of nitrogens with zero attached hydrogens (tertiary/aromatic N) is 1. The van der Waals surface area contributed by atoms with E-state index in [9.17, 15) is 0 Å². The van der Waals surface area contributed by atoms with Crippen LogP contribution in [0.15, 0.2) is 24.3 Å². The van der Waals surface area contributed by atoms with Gasteiger partial charge in [-0.15, -0.1) is 0 Å². The second-order valence-electron chi connectivity index (χ2n) is 6.53. The van der Waals surface area contributed by atoms with Gasteiger partial charge in [-0.3, -0.25) is 0 Å². The Balaban J connectivity index is 1.48. The molecule has 1 N–H and O–H groups in total. The lowest BCUT2D eigenvalue weighted by Gasteiger charge is -2.38. The zero-order valence-electron chi connectivity index (χ0n) is 12.5. The average molecular weight is 274 g/mol. The second-order valence-corrected chi connectivity index (χ2v) is 6.53. The first-order chi connectivity index (χ1) is 9.75. The summed E-state index contributed by atoms with van der Waals surface area (Å²) in [5.41, 5.74) is 3.27. The van der Waals surface area contributed by atoms with Gasteiger partial charge in [-0.2, -0.15) is 0 Å². The first kappa shape index (κ1) is 13.9. The number of ether oxygens (including phenoxy) is 1. The maximum Gasteiger partial charge on any atom is 0.0642 e. The Bertz CT molecular complexity index is 419. The minimum absolute atomic E-state index is 0.563. The molecule has 0 unspecified atom stereocenters. The highest BCUT2D eigenvalue weighted by molar-refractivity contribution is 5.47. The summed E-state index contributed by atoms with van der Waals surface area (Å²) in [7, 11) is 0. The van der Waals surface area contributed by atoms with E-state index in [2.05, 4.69) is 41.4 Å². The van der Waals surface area contributed by atoms with Gasteiger partial charge in [-0.1, -0.05) is 25.5 Å². The monoisotopic (exact) mass is 274 g/mol. The average Bonchev–Trinajstić information content (AvgIpc) is 2.47. The van der Waals surface area contributed by atoms with Crippen LogP contribution < -0.4 is 10.2 Å². The molecule has 20 heavy (non-hydrogen) atoms. The fourth-order valence-corrected chi connectivity index (χ4v) is 3.11. The van der Waals surface area contributed by atoms with Gasteiger partial charge in [0.15, 0.2) is 0 Å². The molecule has 1 aliphatic heterocycles. The maximum atomic E-state index is 5.39. The van der Waals surface area contributed by atoms with Gasteiger partial charge in [0.2, 0.25) is 0 Å². The summed E-state index contributed by atoms with van der Waals surface area (Å²) in [6.07, 6.45) is 4.18. The van der Waals surface area contributed by atoms with E-state index in [1.807, 2.05) is 0 Å². The predicted molar refractivity (Wildman–Crippen MR) is 83.1 cm³/mol. The lowest BCUT2D eigenvalue weighted by molar-refractivity contribution is 0.122. The zero-order chi connectivity index (χ0) is 13.8. The van der Waals surface area contributed by atoms with Crippen LogP contribution in [0.3, 0.4) is 0 Å². The van der Waals surface area contributed by atoms with Crippen molar-refractivity contribution in [2.75, 3.05) is 37.7 Å². The molecule has 1 aliphatic carbocycles. The molecule has 1 aromatic carbocycles. The van der Waals surface area contributed by atoms with Crippen LogP contribution >= 0.6 is 0 Å². The van der Waals surface area contributed by atoms with Crippen LogP contribution in [0.1, 0.15) is 31.7 Å². The lowest BCUT2D eigenvalue weighted by atomic mass is 9.70. The first-order valence-electron chi connectivity index (χ1n) is 7.88. The van der Waals surface area contributed by atoms with Gasteiger partial charge in [0.05, 0.1) is 13.2 Å². The quantitative estimate of drug-likeness (QED) is 0.893. The molecule has 3 nitrogen and oxygen atoms in total. The van der Waals surface area contributed by atoms with Crippen molar-refractivity contribution in [3.63, 3.8) is 0 Å². The summed E-state index contributed by atoms with van der Waals surface area (Å²) in [6, 6.07) is 8.99. The van der Waals surface area contributed by atoms with Crippen molar-refractivity contribution in [1.29, 1.82) is 0 Å². The molecule has 2 fully saturated rings. The van der Waals surface area contributed by atoms with Crippen molar-refractivity contribution in [3.05, 3.63) is 29.8 Å². The Kier molecular flexibility index (Phi) is 4.27. The van der Waals surface area contributed by atoms with E-state index in [1.54, 1.807) is 0 Å². The van der Waals surface area contributed by atoms with E-state index in [1.165, 1.54) is 30.5 Å². The van der Waals surface area contributed by atoms with Crippen molar-refractivity contribution in [2.24, 2.45) is 5.41 Å². The van der Waals surface area contributed by atoms with Gasteiger partial charge >= 0.3 is 0 Å². The van der Waals surface area contributed by atoms with Crippen LogP contribution in [0.4, 0.5) is 5.69 Å². The van der Waals surface area contributed by atoms with E-state index in [0.717, 1.165) is 39.4 Å². The molecule has 1 saturated carbocycles. The highest BCUT2D eigenvalue weighted by Gasteiger charge is 2.30. The van der Waals surface area contributed by atoms with Gasteiger partial charge in [-0.25, -0.2) is 0 Å². The van der Waals surface area contributed by atoms with Crippen LogP contribution in [0, 0.1) is 5.41 Å². The summed E-state index contributed by atoms with van der Waals surface area (Å²) >= 11 is 0. The lowest BCUT2D eigenvalue weighted by Crippen LogP contribution is -2.37. The van der Waals surface area contributed by atoms with Crippen molar-refractivity contribution in [2.45, 2.75) is 32.7 Å². The van der Waals surface area contributed by atoms with E-state index in [4.69, 9.17) is 4.74 Å². The molecule has 0 amide bonds. The number of rotatable bonds is 5. The highest BCUT2D eigenvalue weighted by atomic mass is 16.5. The van der Waals surface area contributed by atoms with Gasteiger partial charge in [-0.05, 0) is 36.0 Å². The minimum Gasteiger partial charge on any atom is -0.378 e. The summed E-state index contributed by atoms with van der Waals surface area (Å²) in [5.74, 6) is 0. The Morgan fingerprint density at radius 1 is 1.15 bits per heavy atom. The van der Waals surface area contributed by atoms with Crippen LogP contribution in [0.25, 0.3) is 0 Å². The number of nitrogens with one attached hydrogen (secondary N) is 1. The van der Waals surface area contributed by atoms with E-state index in [0.29, 0.717) is 5.41 Å². The van der Waals surface area contributed by atoms with Crippen LogP contribution in [-0.4, -0.2) is 32.8 Å². The maximum absolute atomic E-state index is 5.39. The highest BCUT2D eigenvalue weighted by Crippen LogP contribution is 2.39. The molecule has 3 heteroatoms. The first-order valence-corrected chi connectivity index (χ1v) is 7.88. The fourth-order valence-electron chi connectivity index (χ4n) is 3.11. The van der Waals surface area contributed by atoms with E-state index in [-0.39, 0.29) is 0 Å². The number of benzene rings is 1. The van der Waals surface area contributed by atoms with E-state index >= 15 is 0 Å². The Labute approximate surface area is 122 Å². The molecule has 0 spiro atoms. The Morgan fingerprint density at radius 2 is 1.85 bits per heavy atom. The van der Waals surface area contributed by atoms with Gasteiger partial charge in [0, 0.05) is 31.9 Å². The third kappa shape index (κ3) is 3.33. The molecule has 0 radical (unpaired) electrons. The molecule has 0 bridgehead atoms. The van der Waals surface area contributed by atoms with Crippen molar-refractivity contribution in [1.82, 2.24) is 5.32 Å². The molecule has 0 aromatic heterocycles. The van der Waals surface area contributed by atoms with Gasteiger partial charge in [0.1, 0.15) is 0 Å². The molecule has 2 aliphatic rings. The van der Waals surface area contributed by atoms with Crippen LogP contribution in [0.5, 0.6) is 0 Å². The topological polar surface area (TPSA) is 24.5 Å². The number of hydrogen-bond acceptors (Lipinski definition) is 3. The van der Waals surface area contributed by atoms with Crippen molar-refractivity contribution < 1.29 is 4.74 Å². The molecule has 1 saturated heterocycles. The van der Waals surface area contributed by atoms with Crippen molar-refractivity contribution in [3.8, 4) is 0 Å². The van der Waals surface area contributed by atoms with Gasteiger partial charge in [0.25, 0.3) is 0 Å². The Hall–Kier alpha value is -1.06. The number of hydrogen-bond donors (Lipinski definition) is 1. The summed E-state index contributed by atoms with van der Waals surface area (Å²) in [4.78, 5) is 2.40. The van der Waals surface area contributed by atoms with Gasteiger partial charge < -0.3 is 15.0 Å². The van der Waals surface area contributed by atoms with E-state index < -0.39 is 0 Å². The predicted octanol–water partition coefficient (Wildman–Crippen LogP) is 2.80. The van der Waals surface area contributed by atoms with Crippen LogP contribution in [0.2, 0.25) is 0 Å². The molecular weight excluding hydrogens is 248 g/mol. The summed E-state index contributed by atoms with van der Waals surface area (Å²) in [6.45, 7) is 8.25. The fraction of sp³-hybridized carbons (Fsp3) is 0.647. The third-order valence-electron chi connectivity index (χ3n) is 4.75. The largest absolute Gasteiger partial charge is 0.378 e. The zero-order valence-corrected chi connectivity index (χ0v) is 12.5. The second kappa shape index (κ2) is 6.15. The molecule has 3 rings (SSSR count). The SMILES string of the molecule is CC1(CNCc2ccc(N3CCOCC3)cc2)CCC1. The Morgan fingerprint density at radius 3 is 2.45 bits per heavy atom. The smallest absolute Gasteiger partial charge is 0.0642 e.